The van der Waals surface area contributed by atoms with E-state index in [2.05, 4.69) is 66.0 Å². The largest absolute Gasteiger partial charge is 0.489 e. The Morgan fingerprint density at radius 2 is 1.48 bits per heavy atom. The predicted octanol–water partition coefficient (Wildman–Crippen LogP) is 6.30. The summed E-state index contributed by atoms with van der Waals surface area (Å²) in [5.41, 5.74) is 3.88. The van der Waals surface area contributed by atoms with Gasteiger partial charge in [0, 0.05) is 12.5 Å². The van der Waals surface area contributed by atoms with E-state index in [1.807, 2.05) is 24.3 Å². The first kappa shape index (κ1) is 23.5. The Kier molecular flexibility index (Phi) is 8.97. The molecule has 3 nitrogen and oxygen atoms in total. The Morgan fingerprint density at radius 3 is 2.15 bits per heavy atom. The molecule has 1 atom stereocenters. The Balaban J connectivity index is 1.14. The van der Waals surface area contributed by atoms with Crippen molar-refractivity contribution in [1.82, 2.24) is 5.32 Å². The third kappa shape index (κ3) is 7.18. The van der Waals surface area contributed by atoms with Crippen LogP contribution in [0.1, 0.15) is 60.6 Å². The lowest BCUT2D eigenvalue weighted by molar-refractivity contribution is 0.255. The van der Waals surface area contributed by atoms with Crippen LogP contribution in [0.15, 0.2) is 84.9 Å². The van der Waals surface area contributed by atoms with Crippen molar-refractivity contribution >= 4 is 0 Å². The fourth-order valence-corrected chi connectivity index (χ4v) is 4.95. The van der Waals surface area contributed by atoms with Crippen molar-refractivity contribution in [3.63, 3.8) is 0 Å². The maximum atomic E-state index is 9.73. The SMILES string of the molecule is OCC(CCNCC1CCC(c2ccc(OCc3ccccc3)cc2)CC1)c1ccccc1. The summed E-state index contributed by atoms with van der Waals surface area (Å²) in [7, 11) is 0. The summed E-state index contributed by atoms with van der Waals surface area (Å²) < 4.78 is 5.94. The van der Waals surface area contributed by atoms with Gasteiger partial charge in [-0.2, -0.15) is 0 Å². The molecule has 3 aromatic carbocycles. The normalized spacial score (nSPS) is 19.2. The van der Waals surface area contributed by atoms with Gasteiger partial charge in [0.15, 0.2) is 0 Å². The van der Waals surface area contributed by atoms with E-state index in [4.69, 9.17) is 4.74 Å². The molecule has 0 aliphatic heterocycles. The molecule has 1 saturated carbocycles. The first-order chi connectivity index (χ1) is 16.3. The van der Waals surface area contributed by atoms with Crippen LogP contribution < -0.4 is 10.1 Å². The van der Waals surface area contributed by atoms with E-state index < -0.39 is 0 Å². The van der Waals surface area contributed by atoms with Crippen molar-refractivity contribution in [3.05, 3.63) is 102 Å². The van der Waals surface area contributed by atoms with Crippen LogP contribution in [0, 0.1) is 5.92 Å². The van der Waals surface area contributed by atoms with Crippen LogP contribution in [-0.4, -0.2) is 24.8 Å². The van der Waals surface area contributed by atoms with Gasteiger partial charge in [0.25, 0.3) is 0 Å². The molecule has 1 unspecified atom stereocenters. The van der Waals surface area contributed by atoms with Crippen LogP contribution in [0.5, 0.6) is 5.75 Å². The standard InChI is InChI=1S/C30H37NO2/c32-22-29(26-9-5-2-6-10-26)19-20-31-21-24-11-13-27(14-12-24)28-15-17-30(18-16-28)33-23-25-7-3-1-4-8-25/h1-10,15-18,24,27,29,31-32H,11-14,19-23H2. The zero-order valence-electron chi connectivity index (χ0n) is 19.5. The summed E-state index contributed by atoms with van der Waals surface area (Å²) >= 11 is 0. The molecule has 0 bridgehead atoms. The maximum Gasteiger partial charge on any atom is 0.119 e. The van der Waals surface area contributed by atoms with E-state index in [-0.39, 0.29) is 12.5 Å². The number of nitrogens with one attached hydrogen (secondary N) is 1. The Labute approximate surface area is 198 Å². The van der Waals surface area contributed by atoms with Gasteiger partial charge in [-0.1, -0.05) is 72.8 Å². The van der Waals surface area contributed by atoms with Crippen molar-refractivity contribution in [2.75, 3.05) is 19.7 Å². The Hall–Kier alpha value is -2.62. The Morgan fingerprint density at radius 1 is 0.818 bits per heavy atom. The van der Waals surface area contributed by atoms with Crippen LogP contribution in [0.2, 0.25) is 0 Å². The Bertz CT molecular complexity index is 919. The number of hydrogen-bond donors (Lipinski definition) is 2. The molecule has 0 heterocycles. The van der Waals surface area contributed by atoms with Crippen LogP contribution >= 0.6 is 0 Å². The molecule has 4 rings (SSSR count). The van der Waals surface area contributed by atoms with Crippen molar-refractivity contribution in [2.24, 2.45) is 5.92 Å². The van der Waals surface area contributed by atoms with Gasteiger partial charge < -0.3 is 15.2 Å². The molecule has 0 aromatic heterocycles. The highest BCUT2D eigenvalue weighted by molar-refractivity contribution is 5.30. The van der Waals surface area contributed by atoms with E-state index in [1.54, 1.807) is 0 Å². The van der Waals surface area contributed by atoms with Gasteiger partial charge in [-0.05, 0) is 85.9 Å². The van der Waals surface area contributed by atoms with E-state index in [1.165, 1.54) is 42.4 Å². The lowest BCUT2D eigenvalue weighted by atomic mass is 9.78. The summed E-state index contributed by atoms with van der Waals surface area (Å²) in [6, 6.07) is 29.4. The molecular formula is C30H37NO2. The fraction of sp³-hybridized carbons (Fsp3) is 0.400. The molecule has 3 aromatic rings. The molecule has 0 radical (unpaired) electrons. The quantitative estimate of drug-likeness (QED) is 0.342. The highest BCUT2D eigenvalue weighted by atomic mass is 16.5. The summed E-state index contributed by atoms with van der Waals surface area (Å²) in [6.07, 6.45) is 6.08. The topological polar surface area (TPSA) is 41.5 Å². The lowest BCUT2D eigenvalue weighted by Gasteiger charge is -2.29. The summed E-state index contributed by atoms with van der Waals surface area (Å²) in [6.45, 7) is 2.88. The van der Waals surface area contributed by atoms with Crippen LogP contribution in [-0.2, 0) is 6.61 Å². The molecule has 2 N–H and O–H groups in total. The van der Waals surface area contributed by atoms with Crippen molar-refractivity contribution in [1.29, 1.82) is 0 Å². The second-order valence-corrected chi connectivity index (χ2v) is 9.34. The smallest absolute Gasteiger partial charge is 0.119 e. The van der Waals surface area contributed by atoms with Crippen LogP contribution in [0.3, 0.4) is 0 Å². The van der Waals surface area contributed by atoms with Crippen molar-refractivity contribution < 1.29 is 9.84 Å². The molecule has 33 heavy (non-hydrogen) atoms. The first-order valence-corrected chi connectivity index (χ1v) is 12.4. The summed E-state index contributed by atoms with van der Waals surface area (Å²) in [5.74, 6) is 2.60. The van der Waals surface area contributed by atoms with Crippen molar-refractivity contribution in [2.45, 2.75) is 50.5 Å². The molecule has 0 spiro atoms. The maximum absolute atomic E-state index is 9.73. The average molecular weight is 444 g/mol. The average Bonchev–Trinajstić information content (AvgIpc) is 2.89. The highest BCUT2D eigenvalue weighted by Crippen LogP contribution is 2.36. The number of hydrogen-bond acceptors (Lipinski definition) is 3. The highest BCUT2D eigenvalue weighted by Gasteiger charge is 2.22. The predicted molar refractivity (Wildman–Crippen MR) is 136 cm³/mol. The molecule has 1 fully saturated rings. The van der Waals surface area contributed by atoms with E-state index in [9.17, 15) is 5.11 Å². The molecule has 3 heteroatoms. The molecule has 0 saturated heterocycles. The molecule has 0 amide bonds. The van der Waals surface area contributed by atoms with Crippen LogP contribution in [0.4, 0.5) is 0 Å². The second kappa shape index (κ2) is 12.6. The van der Waals surface area contributed by atoms with Gasteiger partial charge in [0.1, 0.15) is 12.4 Å². The van der Waals surface area contributed by atoms with Gasteiger partial charge in [-0.3, -0.25) is 0 Å². The minimum atomic E-state index is 0.215. The molecule has 1 aliphatic carbocycles. The van der Waals surface area contributed by atoms with Crippen LogP contribution in [0.25, 0.3) is 0 Å². The van der Waals surface area contributed by atoms with Gasteiger partial charge in [-0.15, -0.1) is 0 Å². The number of rotatable bonds is 11. The summed E-state index contributed by atoms with van der Waals surface area (Å²) in [5, 5.41) is 13.4. The lowest BCUT2D eigenvalue weighted by Crippen LogP contribution is -2.28. The monoisotopic (exact) mass is 443 g/mol. The zero-order valence-corrected chi connectivity index (χ0v) is 19.5. The number of aliphatic hydroxyl groups excluding tert-OH is 1. The molecular weight excluding hydrogens is 406 g/mol. The van der Waals surface area contributed by atoms with Gasteiger partial charge in [0.05, 0.1) is 0 Å². The fourth-order valence-electron chi connectivity index (χ4n) is 4.95. The summed E-state index contributed by atoms with van der Waals surface area (Å²) in [4.78, 5) is 0. The molecule has 174 valence electrons. The number of benzene rings is 3. The third-order valence-corrected chi connectivity index (χ3v) is 7.04. The third-order valence-electron chi connectivity index (χ3n) is 7.04. The van der Waals surface area contributed by atoms with Crippen molar-refractivity contribution in [3.8, 4) is 5.75 Å². The minimum Gasteiger partial charge on any atom is -0.489 e. The minimum absolute atomic E-state index is 0.215. The van der Waals surface area contributed by atoms with Gasteiger partial charge in [0.2, 0.25) is 0 Å². The molecule has 1 aliphatic rings. The van der Waals surface area contributed by atoms with Gasteiger partial charge in [-0.25, -0.2) is 0 Å². The zero-order chi connectivity index (χ0) is 22.7. The second-order valence-electron chi connectivity index (χ2n) is 9.34. The first-order valence-electron chi connectivity index (χ1n) is 12.4. The van der Waals surface area contributed by atoms with E-state index in [0.717, 1.165) is 31.2 Å². The number of ether oxygens (including phenoxy) is 1. The van der Waals surface area contributed by atoms with Gasteiger partial charge >= 0.3 is 0 Å². The van der Waals surface area contributed by atoms with E-state index in [0.29, 0.717) is 12.5 Å². The number of aliphatic hydroxyl groups is 1. The van der Waals surface area contributed by atoms with E-state index >= 15 is 0 Å².